The molecular formula is C22H21N3O2S. The summed E-state index contributed by atoms with van der Waals surface area (Å²) in [5.74, 6) is -0.347. The molecule has 0 radical (unpaired) electrons. The van der Waals surface area contributed by atoms with Crippen molar-refractivity contribution in [2.75, 3.05) is 32.8 Å². The van der Waals surface area contributed by atoms with Gasteiger partial charge in [-0.3, -0.25) is 24.3 Å². The molecule has 5 rings (SSSR count). The number of benzene rings is 2. The third kappa shape index (κ3) is 3.03. The third-order valence-corrected chi connectivity index (χ3v) is 6.65. The number of imide groups is 1. The molecule has 1 saturated heterocycles. The van der Waals surface area contributed by atoms with Crippen molar-refractivity contribution in [2.45, 2.75) is 6.54 Å². The van der Waals surface area contributed by atoms with E-state index in [0.29, 0.717) is 17.8 Å². The molecule has 2 aromatic carbocycles. The monoisotopic (exact) mass is 391 g/mol. The first kappa shape index (κ1) is 17.6. The van der Waals surface area contributed by atoms with Gasteiger partial charge in [0, 0.05) is 37.4 Å². The first-order valence-electron chi connectivity index (χ1n) is 9.56. The van der Waals surface area contributed by atoms with Crippen LogP contribution >= 0.6 is 11.3 Å². The molecule has 0 N–H and O–H groups in total. The maximum atomic E-state index is 12.6. The van der Waals surface area contributed by atoms with E-state index >= 15 is 0 Å². The molecule has 0 spiro atoms. The van der Waals surface area contributed by atoms with E-state index in [0.717, 1.165) is 32.7 Å². The summed E-state index contributed by atoms with van der Waals surface area (Å²) in [6.45, 7) is 4.91. The predicted octanol–water partition coefficient (Wildman–Crippen LogP) is 3.27. The van der Waals surface area contributed by atoms with Crippen molar-refractivity contribution in [1.82, 2.24) is 14.7 Å². The van der Waals surface area contributed by atoms with E-state index < -0.39 is 0 Å². The van der Waals surface area contributed by atoms with Crippen LogP contribution in [0.1, 0.15) is 26.3 Å². The van der Waals surface area contributed by atoms with Gasteiger partial charge < -0.3 is 0 Å². The van der Waals surface area contributed by atoms with Gasteiger partial charge in [0.15, 0.2) is 0 Å². The molecule has 0 unspecified atom stereocenters. The van der Waals surface area contributed by atoms with Gasteiger partial charge in [-0.15, -0.1) is 11.3 Å². The number of fused-ring (bicyclic) bond motifs is 2. The number of carbonyl (C=O) groups excluding carboxylic acids is 2. The van der Waals surface area contributed by atoms with E-state index in [9.17, 15) is 9.59 Å². The number of amides is 2. The van der Waals surface area contributed by atoms with Gasteiger partial charge in [-0.25, -0.2) is 0 Å². The van der Waals surface area contributed by atoms with Crippen LogP contribution in [-0.2, 0) is 6.54 Å². The number of rotatable bonds is 4. The summed E-state index contributed by atoms with van der Waals surface area (Å²) in [6, 6.07) is 15.6. The quantitative estimate of drug-likeness (QED) is 0.641. The fourth-order valence-electron chi connectivity index (χ4n) is 4.05. The first-order chi connectivity index (χ1) is 13.7. The van der Waals surface area contributed by atoms with Crippen molar-refractivity contribution in [3.8, 4) is 0 Å². The zero-order valence-corrected chi connectivity index (χ0v) is 16.3. The molecule has 142 valence electrons. The van der Waals surface area contributed by atoms with E-state index in [1.165, 1.54) is 20.5 Å². The lowest BCUT2D eigenvalue weighted by Crippen LogP contribution is -2.50. The zero-order valence-electron chi connectivity index (χ0n) is 15.5. The van der Waals surface area contributed by atoms with Gasteiger partial charge in [0.2, 0.25) is 0 Å². The highest BCUT2D eigenvalue weighted by Gasteiger charge is 2.36. The fourth-order valence-corrected chi connectivity index (χ4v) is 5.01. The molecule has 1 fully saturated rings. The molecule has 0 atom stereocenters. The topological polar surface area (TPSA) is 43.9 Å². The summed E-state index contributed by atoms with van der Waals surface area (Å²) in [7, 11) is 0. The Bertz CT molecular complexity index is 1020. The Balaban J connectivity index is 1.20. The van der Waals surface area contributed by atoms with Gasteiger partial charge in [-0.1, -0.05) is 30.3 Å². The van der Waals surface area contributed by atoms with E-state index in [2.05, 4.69) is 39.4 Å². The van der Waals surface area contributed by atoms with Crippen LogP contribution in [0, 0.1) is 0 Å². The van der Waals surface area contributed by atoms with Gasteiger partial charge in [0.1, 0.15) is 0 Å². The van der Waals surface area contributed by atoms with E-state index in [1.807, 2.05) is 0 Å². The lowest BCUT2D eigenvalue weighted by Gasteiger charge is -2.36. The molecule has 3 heterocycles. The van der Waals surface area contributed by atoms with E-state index in [1.54, 1.807) is 35.6 Å². The van der Waals surface area contributed by atoms with Crippen molar-refractivity contribution in [3.05, 3.63) is 70.6 Å². The molecule has 2 amide bonds. The van der Waals surface area contributed by atoms with Gasteiger partial charge in [-0.2, -0.15) is 0 Å². The van der Waals surface area contributed by atoms with Crippen LogP contribution in [0.15, 0.2) is 53.9 Å². The van der Waals surface area contributed by atoms with Crippen molar-refractivity contribution in [1.29, 1.82) is 0 Å². The lowest BCUT2D eigenvalue weighted by molar-refractivity contribution is 0.0448. The highest BCUT2D eigenvalue weighted by atomic mass is 32.1. The maximum Gasteiger partial charge on any atom is 0.262 e. The first-order valence-corrected chi connectivity index (χ1v) is 10.4. The second kappa shape index (κ2) is 7.13. The minimum atomic E-state index is -0.173. The Hall–Kier alpha value is -2.54. The maximum absolute atomic E-state index is 12.6. The largest absolute Gasteiger partial charge is 0.296 e. The smallest absolute Gasteiger partial charge is 0.262 e. The minimum Gasteiger partial charge on any atom is -0.296 e. The summed E-state index contributed by atoms with van der Waals surface area (Å²) >= 11 is 1.80. The number of carbonyl (C=O) groups is 2. The average Bonchev–Trinajstić information content (AvgIpc) is 3.24. The summed E-state index contributed by atoms with van der Waals surface area (Å²) in [5, 5.41) is 3.61. The lowest BCUT2D eigenvalue weighted by atomic mass is 10.1. The molecule has 3 aromatic rings. The van der Waals surface area contributed by atoms with Crippen molar-refractivity contribution >= 4 is 33.2 Å². The van der Waals surface area contributed by atoms with Crippen LogP contribution in [0.2, 0.25) is 0 Å². The molecule has 0 saturated carbocycles. The standard InChI is InChI=1S/C22H21N3O2S/c26-21-18-6-1-2-7-19(18)22(27)25(21)15-24-11-9-23(10-12-24)13-16-14-28-20-8-4-3-5-17(16)20/h1-8,14H,9-13,15H2. The summed E-state index contributed by atoms with van der Waals surface area (Å²) in [6.07, 6.45) is 0. The van der Waals surface area contributed by atoms with Crippen LogP contribution in [0.25, 0.3) is 10.1 Å². The minimum absolute atomic E-state index is 0.173. The van der Waals surface area contributed by atoms with Gasteiger partial charge in [-0.05, 0) is 34.5 Å². The van der Waals surface area contributed by atoms with Crippen molar-refractivity contribution in [2.24, 2.45) is 0 Å². The van der Waals surface area contributed by atoms with Crippen LogP contribution in [0.3, 0.4) is 0 Å². The van der Waals surface area contributed by atoms with Crippen LogP contribution in [0.5, 0.6) is 0 Å². The number of nitrogens with zero attached hydrogens (tertiary/aromatic N) is 3. The SMILES string of the molecule is O=C1c2ccccc2C(=O)N1CN1CCN(Cc2csc3ccccc23)CC1. The van der Waals surface area contributed by atoms with Gasteiger partial charge in [0.25, 0.3) is 11.8 Å². The molecule has 2 aliphatic heterocycles. The summed E-state index contributed by atoms with van der Waals surface area (Å²) in [5.41, 5.74) is 2.43. The summed E-state index contributed by atoms with van der Waals surface area (Å²) in [4.78, 5) is 31.1. The zero-order chi connectivity index (χ0) is 19.1. The van der Waals surface area contributed by atoms with Crippen LogP contribution in [-0.4, -0.2) is 59.4 Å². The molecule has 0 bridgehead atoms. The molecular weight excluding hydrogens is 370 g/mol. The molecule has 5 nitrogen and oxygen atoms in total. The molecule has 1 aromatic heterocycles. The highest BCUT2D eigenvalue weighted by molar-refractivity contribution is 7.17. The summed E-state index contributed by atoms with van der Waals surface area (Å²) < 4.78 is 1.33. The third-order valence-electron chi connectivity index (χ3n) is 5.64. The van der Waals surface area contributed by atoms with E-state index in [-0.39, 0.29) is 11.8 Å². The number of thiophene rings is 1. The second-order valence-electron chi connectivity index (χ2n) is 7.38. The van der Waals surface area contributed by atoms with Gasteiger partial charge >= 0.3 is 0 Å². The predicted molar refractivity (Wildman–Crippen MR) is 110 cm³/mol. The number of hydrogen-bond acceptors (Lipinski definition) is 5. The van der Waals surface area contributed by atoms with Crippen molar-refractivity contribution in [3.63, 3.8) is 0 Å². The number of hydrogen-bond donors (Lipinski definition) is 0. The average molecular weight is 391 g/mol. The molecule has 2 aliphatic rings. The molecule has 28 heavy (non-hydrogen) atoms. The Morgan fingerprint density at radius 3 is 2.11 bits per heavy atom. The Labute approximate surface area is 167 Å². The van der Waals surface area contributed by atoms with Crippen LogP contribution < -0.4 is 0 Å². The Morgan fingerprint density at radius 2 is 1.39 bits per heavy atom. The van der Waals surface area contributed by atoms with E-state index in [4.69, 9.17) is 0 Å². The normalized spacial score (nSPS) is 18.2. The Kier molecular flexibility index (Phi) is 4.47. The second-order valence-corrected chi connectivity index (χ2v) is 8.29. The Morgan fingerprint density at radius 1 is 0.786 bits per heavy atom. The van der Waals surface area contributed by atoms with Gasteiger partial charge in [0.05, 0.1) is 17.8 Å². The molecule has 6 heteroatoms. The fraction of sp³-hybridized carbons (Fsp3) is 0.273. The number of piperazine rings is 1. The molecule has 0 aliphatic carbocycles. The van der Waals surface area contributed by atoms with Crippen LogP contribution in [0.4, 0.5) is 0 Å². The van der Waals surface area contributed by atoms with Crippen molar-refractivity contribution < 1.29 is 9.59 Å². The highest BCUT2D eigenvalue weighted by Crippen LogP contribution is 2.27.